The molecule has 0 spiro atoms. The Balaban J connectivity index is 1.77. The van der Waals surface area contributed by atoms with Crippen molar-refractivity contribution < 1.29 is 13.2 Å². The molecule has 0 bridgehead atoms. The van der Waals surface area contributed by atoms with Crippen LogP contribution in [0.5, 0.6) is 0 Å². The fourth-order valence-corrected chi connectivity index (χ4v) is 2.45. The fraction of sp³-hybridized carbons (Fsp3) is 0.667. The molecule has 1 aromatic rings. The Morgan fingerprint density at radius 1 is 1.24 bits per heavy atom. The van der Waals surface area contributed by atoms with Gasteiger partial charge in [-0.3, -0.25) is 9.62 Å². The van der Waals surface area contributed by atoms with Crippen LogP contribution in [0.2, 0.25) is 0 Å². The van der Waals surface area contributed by atoms with Crippen LogP contribution in [0.25, 0.3) is 0 Å². The van der Waals surface area contributed by atoms with Gasteiger partial charge in [0.15, 0.2) is 5.82 Å². The van der Waals surface area contributed by atoms with Crippen molar-refractivity contribution >= 4 is 21.7 Å². The van der Waals surface area contributed by atoms with Crippen LogP contribution in [0.4, 0.5) is 11.6 Å². The highest BCUT2D eigenvalue weighted by Crippen LogP contribution is 2.08. The van der Waals surface area contributed by atoms with Crippen molar-refractivity contribution in [1.29, 1.82) is 0 Å². The average Bonchev–Trinajstić information content (AvgIpc) is 2.50. The highest BCUT2D eigenvalue weighted by atomic mass is 32.2. The predicted octanol–water partition coefficient (Wildman–Crippen LogP) is -0.0177. The quantitative estimate of drug-likeness (QED) is 0.730. The molecule has 1 aromatic heterocycles. The van der Waals surface area contributed by atoms with Crippen LogP contribution in [0.1, 0.15) is 6.92 Å². The minimum absolute atomic E-state index is 0.00817. The molecule has 0 atom stereocenters. The van der Waals surface area contributed by atoms with Crippen molar-refractivity contribution in [3.05, 3.63) is 12.1 Å². The molecule has 8 nitrogen and oxygen atoms in total. The number of aromatic nitrogens is 2. The van der Waals surface area contributed by atoms with Crippen LogP contribution >= 0.6 is 0 Å². The fourth-order valence-electron chi connectivity index (χ4n) is 1.88. The SMILES string of the molecule is CCS(=O)(=O)Nc1ccc(NCCN2CCOCC2)nn1. The van der Waals surface area contributed by atoms with Gasteiger partial charge in [0.25, 0.3) is 0 Å². The molecule has 2 heterocycles. The average molecular weight is 315 g/mol. The van der Waals surface area contributed by atoms with Crippen molar-refractivity contribution in [3.8, 4) is 0 Å². The lowest BCUT2D eigenvalue weighted by Gasteiger charge is -2.26. The van der Waals surface area contributed by atoms with Crippen molar-refractivity contribution in [2.75, 3.05) is 55.2 Å². The molecule has 0 radical (unpaired) electrons. The Hall–Kier alpha value is -1.45. The van der Waals surface area contributed by atoms with Gasteiger partial charge in [0.1, 0.15) is 5.82 Å². The zero-order valence-electron chi connectivity index (χ0n) is 12.1. The lowest BCUT2D eigenvalue weighted by molar-refractivity contribution is 0.0398. The van der Waals surface area contributed by atoms with Crippen molar-refractivity contribution in [2.45, 2.75) is 6.92 Å². The maximum atomic E-state index is 11.4. The first-order valence-corrected chi connectivity index (χ1v) is 8.62. The van der Waals surface area contributed by atoms with Gasteiger partial charge >= 0.3 is 0 Å². The summed E-state index contributed by atoms with van der Waals surface area (Å²) in [5.74, 6) is 0.868. The van der Waals surface area contributed by atoms with Gasteiger partial charge in [-0.2, -0.15) is 0 Å². The molecular weight excluding hydrogens is 294 g/mol. The van der Waals surface area contributed by atoms with Crippen molar-refractivity contribution in [3.63, 3.8) is 0 Å². The van der Waals surface area contributed by atoms with E-state index in [4.69, 9.17) is 4.74 Å². The van der Waals surface area contributed by atoms with E-state index < -0.39 is 10.0 Å². The smallest absolute Gasteiger partial charge is 0.233 e. The molecule has 2 N–H and O–H groups in total. The molecule has 1 aliphatic rings. The predicted molar refractivity (Wildman–Crippen MR) is 80.9 cm³/mol. The zero-order valence-corrected chi connectivity index (χ0v) is 12.9. The van der Waals surface area contributed by atoms with E-state index in [2.05, 4.69) is 25.1 Å². The maximum absolute atomic E-state index is 11.4. The summed E-state index contributed by atoms with van der Waals surface area (Å²) in [6.07, 6.45) is 0. The number of hydrogen-bond acceptors (Lipinski definition) is 7. The summed E-state index contributed by atoms with van der Waals surface area (Å²) in [5.41, 5.74) is 0. The molecule has 1 fully saturated rings. The van der Waals surface area contributed by atoms with Gasteiger partial charge in [-0.05, 0) is 19.1 Å². The first kappa shape index (κ1) is 15.9. The zero-order chi connectivity index (χ0) is 15.1. The Kier molecular flexibility index (Phi) is 5.71. The summed E-state index contributed by atoms with van der Waals surface area (Å²) in [6.45, 7) is 6.70. The molecule has 1 aliphatic heterocycles. The van der Waals surface area contributed by atoms with E-state index in [1.54, 1.807) is 19.1 Å². The Morgan fingerprint density at radius 2 is 1.90 bits per heavy atom. The highest BCUT2D eigenvalue weighted by molar-refractivity contribution is 7.92. The summed E-state index contributed by atoms with van der Waals surface area (Å²) in [4.78, 5) is 2.31. The summed E-state index contributed by atoms with van der Waals surface area (Å²) >= 11 is 0. The van der Waals surface area contributed by atoms with Crippen molar-refractivity contribution in [2.24, 2.45) is 0 Å². The standard InChI is InChI=1S/C12H21N5O3S/c1-2-21(18,19)16-12-4-3-11(14-15-12)13-5-6-17-7-9-20-10-8-17/h3-4H,2,5-10H2,1H3,(H,13,14)(H,15,16). The Morgan fingerprint density at radius 3 is 2.52 bits per heavy atom. The van der Waals surface area contributed by atoms with E-state index in [1.807, 2.05) is 0 Å². The third-order valence-corrected chi connectivity index (χ3v) is 4.42. The molecule has 2 rings (SSSR count). The van der Waals surface area contributed by atoms with E-state index in [1.165, 1.54) is 0 Å². The van der Waals surface area contributed by atoms with E-state index >= 15 is 0 Å². The minimum atomic E-state index is -3.31. The second-order valence-corrected chi connectivity index (χ2v) is 6.70. The number of nitrogens with zero attached hydrogens (tertiary/aromatic N) is 3. The van der Waals surface area contributed by atoms with Crippen LogP contribution in [-0.2, 0) is 14.8 Å². The highest BCUT2D eigenvalue weighted by Gasteiger charge is 2.10. The molecular formula is C12H21N5O3S. The number of anilines is 2. The van der Waals surface area contributed by atoms with Crippen LogP contribution in [0.15, 0.2) is 12.1 Å². The normalized spacial score (nSPS) is 16.6. The number of rotatable bonds is 7. The van der Waals surface area contributed by atoms with Crippen molar-refractivity contribution in [1.82, 2.24) is 15.1 Å². The third kappa shape index (κ3) is 5.44. The van der Waals surface area contributed by atoms with Crippen LogP contribution in [0.3, 0.4) is 0 Å². The van der Waals surface area contributed by atoms with Crippen LogP contribution < -0.4 is 10.0 Å². The molecule has 1 saturated heterocycles. The minimum Gasteiger partial charge on any atom is -0.379 e. The Labute approximate surface area is 124 Å². The number of hydrogen-bond donors (Lipinski definition) is 2. The number of morpholine rings is 1. The molecule has 0 aromatic carbocycles. The van der Waals surface area contributed by atoms with Gasteiger partial charge in [-0.1, -0.05) is 0 Å². The van der Waals surface area contributed by atoms with Gasteiger partial charge in [-0.15, -0.1) is 10.2 Å². The third-order valence-electron chi connectivity index (χ3n) is 3.14. The van der Waals surface area contributed by atoms with Crippen LogP contribution in [0, 0.1) is 0 Å². The largest absolute Gasteiger partial charge is 0.379 e. The van der Waals surface area contributed by atoms with Gasteiger partial charge in [0, 0.05) is 26.2 Å². The van der Waals surface area contributed by atoms with Gasteiger partial charge in [0.05, 0.1) is 19.0 Å². The van der Waals surface area contributed by atoms with Crippen LogP contribution in [-0.4, -0.2) is 68.7 Å². The summed E-state index contributed by atoms with van der Waals surface area (Å²) in [7, 11) is -3.31. The topological polar surface area (TPSA) is 96.5 Å². The first-order valence-electron chi connectivity index (χ1n) is 6.97. The van der Waals surface area contributed by atoms with E-state index in [0.717, 1.165) is 39.4 Å². The lowest BCUT2D eigenvalue weighted by Crippen LogP contribution is -2.39. The lowest BCUT2D eigenvalue weighted by atomic mass is 10.4. The van der Waals surface area contributed by atoms with E-state index in [-0.39, 0.29) is 11.6 Å². The second kappa shape index (κ2) is 7.53. The van der Waals surface area contributed by atoms with Gasteiger partial charge in [-0.25, -0.2) is 8.42 Å². The first-order chi connectivity index (χ1) is 10.1. The molecule has 21 heavy (non-hydrogen) atoms. The molecule has 0 unspecified atom stereocenters. The van der Waals surface area contributed by atoms with Gasteiger partial charge in [0.2, 0.25) is 10.0 Å². The number of nitrogens with one attached hydrogen (secondary N) is 2. The number of ether oxygens (including phenoxy) is 1. The molecule has 118 valence electrons. The number of sulfonamides is 1. The maximum Gasteiger partial charge on any atom is 0.233 e. The monoisotopic (exact) mass is 315 g/mol. The van der Waals surface area contributed by atoms with E-state index in [9.17, 15) is 8.42 Å². The summed E-state index contributed by atoms with van der Waals surface area (Å²) in [6, 6.07) is 3.30. The van der Waals surface area contributed by atoms with E-state index in [0.29, 0.717) is 5.82 Å². The second-order valence-electron chi connectivity index (χ2n) is 4.69. The summed E-state index contributed by atoms with van der Waals surface area (Å²) in [5, 5.41) is 11.0. The summed E-state index contributed by atoms with van der Waals surface area (Å²) < 4.78 is 30.4. The van der Waals surface area contributed by atoms with Gasteiger partial charge < -0.3 is 10.1 Å². The molecule has 0 amide bonds. The molecule has 0 saturated carbocycles. The molecule has 0 aliphatic carbocycles. The Bertz CT molecular complexity index is 528. The molecule has 9 heteroatoms.